The van der Waals surface area contributed by atoms with E-state index in [1.807, 2.05) is 31.2 Å². The number of para-hydroxylation sites is 1. The molecule has 0 saturated heterocycles. The predicted molar refractivity (Wildman–Crippen MR) is 96.6 cm³/mol. The van der Waals surface area contributed by atoms with E-state index in [0.717, 1.165) is 27.9 Å². The van der Waals surface area contributed by atoms with Gasteiger partial charge in [-0.25, -0.2) is 4.79 Å². The van der Waals surface area contributed by atoms with Crippen LogP contribution in [0.3, 0.4) is 0 Å². The molecular formula is C19H17NO4S. The number of ether oxygens (including phenoxy) is 1. The number of benzene rings is 1. The first-order chi connectivity index (χ1) is 11.9. The topological polar surface area (TPSA) is 76.2 Å². The lowest BCUT2D eigenvalue weighted by Crippen LogP contribution is -2.24. The Bertz CT molecular complexity index is 982. The van der Waals surface area contributed by atoms with Crippen LogP contribution in [0.4, 0.5) is 0 Å². The number of carbonyl (C=O) groups is 3. The zero-order valence-corrected chi connectivity index (χ0v) is 14.9. The second-order valence-electron chi connectivity index (χ2n) is 5.80. The standard InChI is InChI=1S/C19H17NO4S/c1-10-17(13-6-4-5-7-14(13)20-10)18(22)12(3)24-19(23)16-9-8-15(25-16)11(2)21/h4-9,12,20H,1-3H3. The molecular weight excluding hydrogens is 338 g/mol. The molecule has 0 bridgehead atoms. The van der Waals surface area contributed by atoms with Gasteiger partial charge in [-0.1, -0.05) is 18.2 Å². The average Bonchev–Trinajstić information content (AvgIpc) is 3.18. The lowest BCUT2D eigenvalue weighted by atomic mass is 10.0. The maximum absolute atomic E-state index is 12.8. The zero-order chi connectivity index (χ0) is 18.1. The Kier molecular flexibility index (Phi) is 4.55. The number of esters is 1. The van der Waals surface area contributed by atoms with Crippen LogP contribution in [0, 0.1) is 6.92 Å². The molecule has 0 fully saturated rings. The van der Waals surface area contributed by atoms with E-state index in [1.165, 1.54) is 13.0 Å². The number of hydrogen-bond acceptors (Lipinski definition) is 5. The van der Waals surface area contributed by atoms with Crippen molar-refractivity contribution in [1.82, 2.24) is 4.98 Å². The molecule has 1 aromatic carbocycles. The molecule has 2 aromatic heterocycles. The summed E-state index contributed by atoms with van der Waals surface area (Å²) in [6.45, 7) is 4.81. The van der Waals surface area contributed by atoms with Crippen molar-refractivity contribution < 1.29 is 19.1 Å². The van der Waals surface area contributed by atoms with E-state index >= 15 is 0 Å². The number of hydrogen-bond donors (Lipinski definition) is 1. The molecule has 0 amide bonds. The van der Waals surface area contributed by atoms with Crippen LogP contribution in [0.2, 0.25) is 0 Å². The monoisotopic (exact) mass is 355 g/mol. The largest absolute Gasteiger partial charge is 0.450 e. The Morgan fingerprint density at radius 3 is 2.44 bits per heavy atom. The third-order valence-electron chi connectivity index (χ3n) is 3.95. The summed E-state index contributed by atoms with van der Waals surface area (Å²) < 4.78 is 5.32. The van der Waals surface area contributed by atoms with E-state index in [1.54, 1.807) is 13.0 Å². The third-order valence-corrected chi connectivity index (χ3v) is 5.11. The van der Waals surface area contributed by atoms with Crippen LogP contribution < -0.4 is 0 Å². The maximum Gasteiger partial charge on any atom is 0.349 e. The van der Waals surface area contributed by atoms with Crippen molar-refractivity contribution in [1.29, 1.82) is 0 Å². The SMILES string of the molecule is CC(=O)c1ccc(C(=O)OC(C)C(=O)c2c(C)[nH]c3ccccc23)s1. The Hall–Kier alpha value is -2.73. The molecule has 0 spiro atoms. The van der Waals surface area contributed by atoms with E-state index in [2.05, 4.69) is 4.98 Å². The molecule has 1 N–H and O–H groups in total. The molecule has 0 aliphatic heterocycles. The quantitative estimate of drug-likeness (QED) is 0.550. The summed E-state index contributed by atoms with van der Waals surface area (Å²) >= 11 is 1.06. The number of fused-ring (bicyclic) bond motifs is 1. The summed E-state index contributed by atoms with van der Waals surface area (Å²) in [6.07, 6.45) is -0.923. The first-order valence-electron chi connectivity index (χ1n) is 7.81. The van der Waals surface area contributed by atoms with Gasteiger partial charge in [-0.15, -0.1) is 11.3 Å². The molecule has 0 aliphatic rings. The summed E-state index contributed by atoms with van der Waals surface area (Å²) in [6, 6.07) is 10.6. The van der Waals surface area contributed by atoms with Gasteiger partial charge in [-0.3, -0.25) is 9.59 Å². The minimum absolute atomic E-state index is 0.109. The number of thiophene rings is 1. The minimum Gasteiger partial charge on any atom is -0.450 e. The summed E-state index contributed by atoms with van der Waals surface area (Å²) in [5.41, 5.74) is 2.14. The third kappa shape index (κ3) is 3.25. The number of rotatable bonds is 5. The summed E-state index contributed by atoms with van der Waals surface area (Å²) in [4.78, 5) is 40.3. The molecule has 0 saturated carbocycles. The maximum atomic E-state index is 12.8. The van der Waals surface area contributed by atoms with Crippen LogP contribution in [0.25, 0.3) is 10.9 Å². The number of ketones is 2. The van der Waals surface area contributed by atoms with Crippen molar-refractivity contribution in [3.05, 3.63) is 57.4 Å². The molecule has 2 heterocycles. The van der Waals surface area contributed by atoms with Crippen LogP contribution >= 0.6 is 11.3 Å². The van der Waals surface area contributed by atoms with Gasteiger partial charge in [0, 0.05) is 22.2 Å². The highest BCUT2D eigenvalue weighted by Crippen LogP contribution is 2.25. The fraction of sp³-hybridized carbons (Fsp3) is 0.211. The highest BCUT2D eigenvalue weighted by atomic mass is 32.1. The van der Waals surface area contributed by atoms with E-state index in [4.69, 9.17) is 4.74 Å². The smallest absolute Gasteiger partial charge is 0.349 e. The molecule has 25 heavy (non-hydrogen) atoms. The molecule has 6 heteroatoms. The molecule has 1 atom stereocenters. The molecule has 3 rings (SSSR count). The molecule has 5 nitrogen and oxygen atoms in total. The number of nitrogens with one attached hydrogen (secondary N) is 1. The number of carbonyl (C=O) groups excluding carboxylic acids is 3. The zero-order valence-electron chi connectivity index (χ0n) is 14.1. The average molecular weight is 355 g/mol. The van der Waals surface area contributed by atoms with Crippen molar-refractivity contribution in [3.8, 4) is 0 Å². The van der Waals surface area contributed by atoms with E-state index in [-0.39, 0.29) is 11.6 Å². The van der Waals surface area contributed by atoms with E-state index in [9.17, 15) is 14.4 Å². The second kappa shape index (κ2) is 6.64. The van der Waals surface area contributed by atoms with Gasteiger partial charge in [0.05, 0.1) is 4.88 Å². The van der Waals surface area contributed by atoms with Gasteiger partial charge in [0.2, 0.25) is 5.78 Å². The fourth-order valence-corrected chi connectivity index (χ4v) is 3.49. The van der Waals surface area contributed by atoms with Crippen LogP contribution in [0.5, 0.6) is 0 Å². The Labute approximate surface area is 148 Å². The van der Waals surface area contributed by atoms with E-state index < -0.39 is 12.1 Å². The van der Waals surface area contributed by atoms with Crippen molar-refractivity contribution in [2.75, 3.05) is 0 Å². The molecule has 0 radical (unpaired) electrons. The lowest BCUT2D eigenvalue weighted by Gasteiger charge is -2.12. The van der Waals surface area contributed by atoms with Gasteiger partial charge in [0.1, 0.15) is 4.88 Å². The summed E-state index contributed by atoms with van der Waals surface area (Å²) in [7, 11) is 0. The van der Waals surface area contributed by atoms with E-state index in [0.29, 0.717) is 15.3 Å². The van der Waals surface area contributed by atoms with Crippen LogP contribution in [0.15, 0.2) is 36.4 Å². The molecule has 1 unspecified atom stereocenters. The van der Waals surface area contributed by atoms with Gasteiger partial charge in [0.15, 0.2) is 11.9 Å². The molecule has 3 aromatic rings. The van der Waals surface area contributed by atoms with Gasteiger partial charge in [-0.2, -0.15) is 0 Å². The lowest BCUT2D eigenvalue weighted by molar-refractivity contribution is 0.0324. The normalized spacial score (nSPS) is 12.1. The van der Waals surface area contributed by atoms with Crippen LogP contribution in [0.1, 0.15) is 49.2 Å². The Balaban J connectivity index is 1.81. The number of aryl methyl sites for hydroxylation is 1. The Morgan fingerprint density at radius 1 is 1.08 bits per heavy atom. The van der Waals surface area contributed by atoms with Gasteiger partial charge in [0.25, 0.3) is 0 Å². The first-order valence-corrected chi connectivity index (χ1v) is 8.63. The van der Waals surface area contributed by atoms with Crippen LogP contribution in [-0.2, 0) is 4.74 Å². The highest BCUT2D eigenvalue weighted by Gasteiger charge is 2.25. The summed E-state index contributed by atoms with van der Waals surface area (Å²) in [5.74, 6) is -0.968. The predicted octanol–water partition coefficient (Wildman–Crippen LogP) is 4.17. The highest BCUT2D eigenvalue weighted by molar-refractivity contribution is 7.15. The number of aromatic amines is 1. The fourth-order valence-electron chi connectivity index (χ4n) is 2.71. The number of Topliss-reactive ketones (excluding diaryl/α,β-unsaturated/α-hetero) is 2. The van der Waals surface area contributed by atoms with Crippen molar-refractivity contribution in [2.24, 2.45) is 0 Å². The van der Waals surface area contributed by atoms with Crippen molar-refractivity contribution in [2.45, 2.75) is 26.9 Å². The molecule has 128 valence electrons. The van der Waals surface area contributed by atoms with Gasteiger partial charge in [-0.05, 0) is 39.0 Å². The van der Waals surface area contributed by atoms with Gasteiger partial charge >= 0.3 is 5.97 Å². The minimum atomic E-state index is -0.923. The second-order valence-corrected chi connectivity index (χ2v) is 6.89. The van der Waals surface area contributed by atoms with Crippen molar-refractivity contribution >= 4 is 39.8 Å². The van der Waals surface area contributed by atoms with Crippen molar-refractivity contribution in [3.63, 3.8) is 0 Å². The Morgan fingerprint density at radius 2 is 1.76 bits per heavy atom. The van der Waals surface area contributed by atoms with Crippen LogP contribution in [-0.4, -0.2) is 28.6 Å². The number of H-pyrrole nitrogens is 1. The number of aromatic nitrogens is 1. The molecule has 0 aliphatic carbocycles. The van der Waals surface area contributed by atoms with Gasteiger partial charge < -0.3 is 9.72 Å². The first kappa shape index (κ1) is 17.1. The summed E-state index contributed by atoms with van der Waals surface area (Å²) in [5, 5.41) is 0.808.